The van der Waals surface area contributed by atoms with Gasteiger partial charge >= 0.3 is 0 Å². The van der Waals surface area contributed by atoms with E-state index in [0.717, 1.165) is 0 Å². The first-order valence-corrected chi connectivity index (χ1v) is 9.70. The summed E-state index contributed by atoms with van der Waals surface area (Å²) in [6, 6.07) is 7.68. The first kappa shape index (κ1) is 19.5. The average Bonchev–Trinajstić information content (AvgIpc) is 3.12. The minimum Gasteiger partial charge on any atom is -0.326 e. The molecule has 0 bridgehead atoms. The second-order valence-corrected chi connectivity index (χ2v) is 7.64. The maximum atomic E-state index is 12.3. The zero-order valence-electron chi connectivity index (χ0n) is 14.2. The van der Waals surface area contributed by atoms with Crippen molar-refractivity contribution >= 4 is 33.2 Å². The van der Waals surface area contributed by atoms with Crippen molar-refractivity contribution in [3.05, 3.63) is 65.2 Å². The highest BCUT2D eigenvalue weighted by Gasteiger charge is 2.18. The number of benzene rings is 1. The number of nitrogens with zero attached hydrogens (tertiary/aromatic N) is 4. The molecule has 11 heteroatoms. The van der Waals surface area contributed by atoms with E-state index in [2.05, 4.69) is 15.4 Å². The molecule has 9 nitrogen and oxygen atoms in total. The number of pyridine rings is 1. The van der Waals surface area contributed by atoms with Gasteiger partial charge < -0.3 is 5.32 Å². The smallest absolute Gasteiger partial charge is 0.240 e. The van der Waals surface area contributed by atoms with Crippen molar-refractivity contribution in [3.63, 3.8) is 0 Å². The van der Waals surface area contributed by atoms with Crippen molar-refractivity contribution in [1.29, 1.82) is 5.26 Å². The Kier molecular flexibility index (Phi) is 5.41. The number of anilines is 1. The molecule has 2 heterocycles. The third kappa shape index (κ3) is 4.34. The fourth-order valence-electron chi connectivity index (χ4n) is 2.45. The second-order valence-electron chi connectivity index (χ2n) is 5.70. The van der Waals surface area contributed by atoms with Crippen LogP contribution in [-0.2, 0) is 21.2 Å². The summed E-state index contributed by atoms with van der Waals surface area (Å²) < 4.78 is 25.2. The van der Waals surface area contributed by atoms with E-state index < -0.39 is 15.9 Å². The van der Waals surface area contributed by atoms with Gasteiger partial charge in [0.1, 0.15) is 11.0 Å². The zero-order valence-corrected chi connectivity index (χ0v) is 15.8. The number of primary sulfonamides is 1. The Hall–Kier alpha value is -3.26. The molecule has 1 aromatic carbocycles. The minimum atomic E-state index is -4.13. The van der Waals surface area contributed by atoms with Crippen LogP contribution in [0.2, 0.25) is 5.02 Å². The number of carbonyl (C=O) groups is 1. The minimum absolute atomic E-state index is 0.0154. The van der Waals surface area contributed by atoms with Crippen molar-refractivity contribution in [2.75, 3.05) is 5.32 Å². The molecule has 0 saturated heterocycles. The molecule has 0 spiro atoms. The molecular weight excluding hydrogens is 404 g/mol. The Morgan fingerprint density at radius 1 is 1.32 bits per heavy atom. The number of amides is 1. The van der Waals surface area contributed by atoms with Crippen LogP contribution in [-0.4, -0.2) is 29.1 Å². The van der Waals surface area contributed by atoms with Gasteiger partial charge in [0.05, 0.1) is 28.9 Å². The van der Waals surface area contributed by atoms with E-state index in [1.54, 1.807) is 6.07 Å². The van der Waals surface area contributed by atoms with E-state index in [1.807, 2.05) is 6.07 Å². The number of carbonyl (C=O) groups excluding carboxylic acids is 1. The van der Waals surface area contributed by atoms with Crippen LogP contribution in [0.3, 0.4) is 0 Å². The van der Waals surface area contributed by atoms with Crippen molar-refractivity contribution in [1.82, 2.24) is 14.8 Å². The summed E-state index contributed by atoms with van der Waals surface area (Å²) in [6.07, 6.45) is 5.59. The number of aromatic nitrogens is 3. The standard InChI is InChI=1S/C17H13ClN6O3S/c18-14-9-21-4-3-12(14)5-17(25)23-13-1-2-15(16(6-13)28(20,26)27)24-10-11(7-19)8-22-24/h1-4,6,8-10H,5H2,(H,23,25)(H2,20,26,27). The zero-order chi connectivity index (χ0) is 20.3. The molecule has 0 aliphatic rings. The molecule has 2 aromatic heterocycles. The summed E-state index contributed by atoms with van der Waals surface area (Å²) in [5.41, 5.74) is 1.22. The monoisotopic (exact) mass is 416 g/mol. The summed E-state index contributed by atoms with van der Waals surface area (Å²) in [5.74, 6) is -0.396. The number of nitrogens with one attached hydrogen (secondary N) is 1. The summed E-state index contributed by atoms with van der Waals surface area (Å²) >= 11 is 5.99. The predicted octanol–water partition coefficient (Wildman–Crippen LogP) is 1.62. The molecule has 3 N–H and O–H groups in total. The van der Waals surface area contributed by atoms with E-state index >= 15 is 0 Å². The lowest BCUT2D eigenvalue weighted by atomic mass is 10.2. The third-order valence-corrected chi connectivity index (χ3v) is 5.00. The van der Waals surface area contributed by atoms with E-state index in [1.165, 1.54) is 47.7 Å². The number of halogens is 1. The van der Waals surface area contributed by atoms with Crippen LogP contribution in [0.25, 0.3) is 5.69 Å². The molecule has 142 valence electrons. The molecule has 0 unspecified atom stereocenters. The Morgan fingerprint density at radius 2 is 2.11 bits per heavy atom. The van der Waals surface area contributed by atoms with Crippen molar-refractivity contribution in [2.45, 2.75) is 11.3 Å². The van der Waals surface area contributed by atoms with Crippen LogP contribution in [0.15, 0.2) is 53.9 Å². The maximum absolute atomic E-state index is 12.3. The Labute approximate surface area is 165 Å². The molecule has 1 amide bonds. The number of hydrogen-bond donors (Lipinski definition) is 2. The molecule has 0 radical (unpaired) electrons. The van der Waals surface area contributed by atoms with E-state index in [9.17, 15) is 13.2 Å². The Morgan fingerprint density at radius 3 is 2.75 bits per heavy atom. The number of hydrogen-bond acceptors (Lipinski definition) is 6. The van der Waals surface area contributed by atoms with Gasteiger partial charge in [0, 0.05) is 24.3 Å². The van der Waals surface area contributed by atoms with E-state index in [4.69, 9.17) is 22.0 Å². The van der Waals surface area contributed by atoms with Gasteiger partial charge in [-0.1, -0.05) is 11.6 Å². The van der Waals surface area contributed by atoms with Crippen LogP contribution in [0, 0.1) is 11.3 Å². The summed E-state index contributed by atoms with van der Waals surface area (Å²) in [5, 5.41) is 21.1. The molecular formula is C17H13ClN6O3S. The van der Waals surface area contributed by atoms with Gasteiger partial charge in [-0.3, -0.25) is 9.78 Å². The van der Waals surface area contributed by atoms with Crippen molar-refractivity contribution in [2.24, 2.45) is 5.14 Å². The van der Waals surface area contributed by atoms with Crippen LogP contribution in [0.1, 0.15) is 11.1 Å². The summed E-state index contributed by atoms with van der Waals surface area (Å²) in [7, 11) is -4.13. The topological polar surface area (TPSA) is 144 Å². The largest absolute Gasteiger partial charge is 0.326 e. The first-order valence-electron chi connectivity index (χ1n) is 7.78. The molecule has 0 saturated carbocycles. The van der Waals surface area contributed by atoms with Gasteiger partial charge in [0.15, 0.2) is 0 Å². The Balaban J connectivity index is 1.90. The van der Waals surface area contributed by atoms with Gasteiger partial charge in [0.2, 0.25) is 15.9 Å². The lowest BCUT2D eigenvalue weighted by Crippen LogP contribution is -2.18. The van der Waals surface area contributed by atoms with Crippen LogP contribution >= 0.6 is 11.6 Å². The highest BCUT2D eigenvalue weighted by Crippen LogP contribution is 2.24. The van der Waals surface area contributed by atoms with Gasteiger partial charge in [0.25, 0.3) is 0 Å². The fourth-order valence-corrected chi connectivity index (χ4v) is 3.38. The molecule has 28 heavy (non-hydrogen) atoms. The van der Waals surface area contributed by atoms with Gasteiger partial charge in [-0.15, -0.1) is 0 Å². The van der Waals surface area contributed by atoms with Crippen LogP contribution < -0.4 is 10.5 Å². The number of nitrogens with two attached hydrogens (primary N) is 1. The highest BCUT2D eigenvalue weighted by atomic mass is 35.5. The average molecular weight is 417 g/mol. The van der Waals surface area contributed by atoms with Gasteiger partial charge in [-0.05, 0) is 29.8 Å². The molecule has 3 rings (SSSR count). The fraction of sp³-hybridized carbons (Fsp3) is 0.0588. The third-order valence-electron chi connectivity index (χ3n) is 3.72. The number of sulfonamides is 1. The highest BCUT2D eigenvalue weighted by molar-refractivity contribution is 7.89. The van der Waals surface area contributed by atoms with E-state index in [-0.39, 0.29) is 28.3 Å². The number of nitriles is 1. The quantitative estimate of drug-likeness (QED) is 0.646. The molecule has 0 aliphatic heterocycles. The normalized spacial score (nSPS) is 11.0. The lowest BCUT2D eigenvalue weighted by molar-refractivity contribution is -0.115. The summed E-state index contributed by atoms with van der Waals surface area (Å²) in [4.78, 5) is 15.9. The first-order chi connectivity index (χ1) is 13.3. The SMILES string of the molecule is N#Cc1cnn(-c2ccc(NC(=O)Cc3ccncc3Cl)cc2S(N)(=O)=O)c1. The molecule has 3 aromatic rings. The molecule has 0 atom stereocenters. The maximum Gasteiger partial charge on any atom is 0.240 e. The predicted molar refractivity (Wildman–Crippen MR) is 101 cm³/mol. The van der Waals surface area contributed by atoms with Gasteiger partial charge in [-0.25, -0.2) is 18.2 Å². The van der Waals surface area contributed by atoms with Crippen molar-refractivity contribution in [3.8, 4) is 11.8 Å². The summed E-state index contributed by atoms with van der Waals surface area (Å²) in [6.45, 7) is 0. The molecule has 0 aliphatic carbocycles. The second kappa shape index (κ2) is 7.77. The lowest BCUT2D eigenvalue weighted by Gasteiger charge is -2.11. The number of rotatable bonds is 5. The van der Waals surface area contributed by atoms with E-state index in [0.29, 0.717) is 10.6 Å². The van der Waals surface area contributed by atoms with Gasteiger partial charge in [-0.2, -0.15) is 10.4 Å². The van der Waals surface area contributed by atoms with Crippen LogP contribution in [0.4, 0.5) is 5.69 Å². The van der Waals surface area contributed by atoms with Crippen molar-refractivity contribution < 1.29 is 13.2 Å². The van der Waals surface area contributed by atoms with Crippen LogP contribution in [0.5, 0.6) is 0 Å². The molecule has 0 fully saturated rings. The Bertz CT molecular complexity index is 1200.